The van der Waals surface area contributed by atoms with E-state index in [1.165, 1.54) is 0 Å². The molecule has 1 N–H and O–H groups in total. The number of hydrogen-bond donors (Lipinski definition) is 1. The molecule has 0 radical (unpaired) electrons. The zero-order valence-electron chi connectivity index (χ0n) is 26.6. The molecule has 0 saturated heterocycles. The van der Waals surface area contributed by atoms with Crippen LogP contribution in [0.15, 0.2) is 59.5 Å². The molecule has 4 heterocycles. The van der Waals surface area contributed by atoms with Gasteiger partial charge in [0, 0.05) is 42.4 Å². The Morgan fingerprint density at radius 2 is 1.71 bits per heavy atom. The average molecular weight is 608 g/mol. The molecule has 2 amide bonds. The summed E-state index contributed by atoms with van der Waals surface area (Å²) in [5, 5.41) is 11.2. The first-order valence-electron chi connectivity index (χ1n) is 14.9. The Hall–Kier alpha value is -5.06. The summed E-state index contributed by atoms with van der Waals surface area (Å²) in [7, 11) is 0. The number of fused-ring (bicyclic) bond motifs is 2. The highest BCUT2D eigenvalue weighted by Crippen LogP contribution is 2.33. The summed E-state index contributed by atoms with van der Waals surface area (Å²) < 4.78 is 12.7. The van der Waals surface area contributed by atoms with Crippen molar-refractivity contribution >= 4 is 17.5 Å². The number of rotatable bonds is 5. The normalized spacial score (nSPS) is 13.3. The van der Waals surface area contributed by atoms with Crippen molar-refractivity contribution in [3.63, 3.8) is 0 Å². The Balaban J connectivity index is 1.19. The number of aromatic nitrogens is 5. The highest BCUT2D eigenvalue weighted by molar-refractivity contribution is 5.90. The maximum atomic E-state index is 12.6. The molecule has 11 heteroatoms. The molecular weight excluding hydrogens is 570 g/mol. The van der Waals surface area contributed by atoms with E-state index in [1.54, 1.807) is 11.2 Å². The van der Waals surface area contributed by atoms with Crippen LogP contribution in [0.25, 0.3) is 27.9 Å². The van der Waals surface area contributed by atoms with Crippen LogP contribution >= 0.6 is 0 Å². The van der Waals surface area contributed by atoms with Crippen molar-refractivity contribution < 1.29 is 18.8 Å². The molecule has 3 aromatic heterocycles. The maximum absolute atomic E-state index is 12.6. The van der Waals surface area contributed by atoms with E-state index in [0.717, 1.165) is 50.2 Å². The summed E-state index contributed by atoms with van der Waals surface area (Å²) in [5.41, 5.74) is 7.97. The summed E-state index contributed by atoms with van der Waals surface area (Å²) in [5.74, 6) is 0.0457. The van der Waals surface area contributed by atoms with Gasteiger partial charge in [0.05, 0.1) is 11.2 Å². The minimum Gasteiger partial charge on any atom is -0.444 e. The lowest BCUT2D eigenvalue weighted by Crippen LogP contribution is -2.33. The van der Waals surface area contributed by atoms with Crippen molar-refractivity contribution in [2.24, 2.45) is 0 Å². The van der Waals surface area contributed by atoms with Gasteiger partial charge in [0.15, 0.2) is 0 Å². The quantitative estimate of drug-likeness (QED) is 0.249. The van der Waals surface area contributed by atoms with Gasteiger partial charge in [0.2, 0.25) is 5.89 Å². The number of amides is 2. The van der Waals surface area contributed by atoms with E-state index in [2.05, 4.69) is 55.9 Å². The highest BCUT2D eigenvalue weighted by atomic mass is 16.6. The molecule has 0 bridgehead atoms. The summed E-state index contributed by atoms with van der Waals surface area (Å²) >= 11 is 0. The third kappa shape index (κ3) is 6.29. The van der Waals surface area contributed by atoms with Gasteiger partial charge in [0.25, 0.3) is 11.7 Å². The number of nitrogens with zero attached hydrogens (tertiary/aromatic N) is 6. The van der Waals surface area contributed by atoms with Crippen molar-refractivity contribution in [2.45, 2.75) is 79.1 Å². The molecule has 0 aliphatic carbocycles. The van der Waals surface area contributed by atoms with Gasteiger partial charge >= 0.3 is 6.09 Å². The molecule has 6 rings (SSSR count). The summed E-state index contributed by atoms with van der Waals surface area (Å²) in [6, 6.07) is 14.4. The van der Waals surface area contributed by atoms with Gasteiger partial charge in [-0.2, -0.15) is 10.1 Å². The van der Waals surface area contributed by atoms with Crippen LogP contribution in [0.1, 0.15) is 80.3 Å². The molecule has 5 aromatic rings. The summed E-state index contributed by atoms with van der Waals surface area (Å²) in [6.45, 7) is 14.8. The molecule has 11 nitrogen and oxygen atoms in total. The molecule has 1 aliphatic heterocycles. The first-order chi connectivity index (χ1) is 21.2. The molecule has 0 spiro atoms. The predicted molar refractivity (Wildman–Crippen MR) is 168 cm³/mol. The van der Waals surface area contributed by atoms with Gasteiger partial charge in [-0.1, -0.05) is 50.2 Å². The Labute approximate surface area is 261 Å². The van der Waals surface area contributed by atoms with Crippen molar-refractivity contribution in [1.29, 1.82) is 0 Å². The molecule has 0 fully saturated rings. The number of hydrogen-bond acceptors (Lipinski definition) is 8. The van der Waals surface area contributed by atoms with E-state index in [-0.39, 0.29) is 23.2 Å². The first kappa shape index (κ1) is 30.0. The van der Waals surface area contributed by atoms with Crippen LogP contribution in [0, 0.1) is 6.92 Å². The lowest BCUT2D eigenvalue weighted by Gasteiger charge is -2.24. The second-order valence-corrected chi connectivity index (χ2v) is 13.5. The number of ether oxygens (including phenoxy) is 1. The fourth-order valence-corrected chi connectivity index (χ4v) is 5.26. The largest absolute Gasteiger partial charge is 0.444 e. The van der Waals surface area contributed by atoms with E-state index in [9.17, 15) is 9.59 Å². The lowest BCUT2D eigenvalue weighted by atomic mass is 9.97. The van der Waals surface area contributed by atoms with Crippen LogP contribution in [0.4, 0.5) is 4.79 Å². The highest BCUT2D eigenvalue weighted by Gasteiger charge is 2.28. The number of benzene rings is 2. The van der Waals surface area contributed by atoms with Gasteiger partial charge in [-0.3, -0.25) is 9.69 Å². The van der Waals surface area contributed by atoms with Crippen LogP contribution < -0.4 is 5.32 Å². The van der Waals surface area contributed by atoms with Crippen molar-refractivity contribution in [3.8, 4) is 22.4 Å². The van der Waals surface area contributed by atoms with E-state index in [0.29, 0.717) is 25.5 Å². The van der Waals surface area contributed by atoms with Crippen LogP contribution in [0.3, 0.4) is 0 Å². The van der Waals surface area contributed by atoms with Crippen LogP contribution in [0.2, 0.25) is 0 Å². The molecule has 2 aromatic carbocycles. The fraction of sp³-hybridized carbons (Fsp3) is 0.353. The molecule has 0 unspecified atom stereocenters. The average Bonchev–Trinajstić information content (AvgIpc) is 3.72. The van der Waals surface area contributed by atoms with E-state index < -0.39 is 5.60 Å². The zero-order valence-corrected chi connectivity index (χ0v) is 26.6. The molecular formula is C34H37N7O4. The van der Waals surface area contributed by atoms with Crippen molar-refractivity contribution in [3.05, 3.63) is 89.0 Å². The Morgan fingerprint density at radius 3 is 2.42 bits per heavy atom. The molecule has 0 atom stereocenters. The van der Waals surface area contributed by atoms with Crippen LogP contribution in [-0.4, -0.2) is 47.2 Å². The van der Waals surface area contributed by atoms with Gasteiger partial charge in [0.1, 0.15) is 11.9 Å². The molecule has 1 aliphatic rings. The minimum absolute atomic E-state index is 0.0188. The van der Waals surface area contributed by atoms with E-state index in [4.69, 9.17) is 9.26 Å². The third-order valence-corrected chi connectivity index (χ3v) is 7.65. The Kier molecular flexibility index (Phi) is 7.42. The number of nitrogens with one attached hydrogen (secondary N) is 1. The predicted octanol–water partition coefficient (Wildman–Crippen LogP) is 6.23. The van der Waals surface area contributed by atoms with Gasteiger partial charge < -0.3 is 14.6 Å². The van der Waals surface area contributed by atoms with Crippen molar-refractivity contribution in [1.82, 2.24) is 35.0 Å². The third-order valence-electron chi connectivity index (χ3n) is 7.65. The number of carbonyl (C=O) groups is 2. The maximum Gasteiger partial charge on any atom is 0.410 e. The topological polar surface area (TPSA) is 128 Å². The van der Waals surface area contributed by atoms with E-state index in [1.807, 2.05) is 71.3 Å². The SMILES string of the molecule is Cc1cc(-c2ncnn3cc(-c4ccc5c(c4)CN(C(=O)OC(C)(C)C)C5)cc23)ccc1CNC(=O)c1noc(C(C)(C)C)n1. The standard InChI is InChI=1S/C34H37N7O4/c1-20-12-22(9-10-23(20)15-35-30(42)29-38-31(45-39-29)33(2,3)4)28-27-14-26(18-41(27)37-19-36-28)21-8-11-24-16-40(17-25(24)13-21)32(43)44-34(5,6)7/h8-14,18-19H,15-17H2,1-7H3,(H,35,42). The van der Waals surface area contributed by atoms with Gasteiger partial charge in [-0.25, -0.2) is 14.3 Å². The molecule has 232 valence electrons. The zero-order chi connectivity index (χ0) is 32.1. The smallest absolute Gasteiger partial charge is 0.410 e. The van der Waals surface area contributed by atoms with Crippen molar-refractivity contribution in [2.75, 3.05) is 0 Å². The first-order valence-corrected chi connectivity index (χ1v) is 14.9. The molecule has 45 heavy (non-hydrogen) atoms. The number of aryl methyl sites for hydroxylation is 1. The monoisotopic (exact) mass is 607 g/mol. The lowest BCUT2D eigenvalue weighted by molar-refractivity contribution is 0.0241. The van der Waals surface area contributed by atoms with Gasteiger partial charge in [-0.05, 0) is 73.7 Å². The Bertz CT molecular complexity index is 1930. The number of carbonyl (C=O) groups excluding carboxylic acids is 2. The second-order valence-electron chi connectivity index (χ2n) is 13.5. The van der Waals surface area contributed by atoms with Gasteiger partial charge in [-0.15, -0.1) is 0 Å². The summed E-state index contributed by atoms with van der Waals surface area (Å²) in [6.07, 6.45) is 3.23. The Morgan fingerprint density at radius 1 is 0.956 bits per heavy atom. The van der Waals surface area contributed by atoms with Crippen LogP contribution in [-0.2, 0) is 29.8 Å². The molecule has 0 saturated carbocycles. The van der Waals surface area contributed by atoms with Crippen LogP contribution in [0.5, 0.6) is 0 Å². The van der Waals surface area contributed by atoms with E-state index >= 15 is 0 Å². The second kappa shape index (κ2) is 11.1. The fourth-order valence-electron chi connectivity index (χ4n) is 5.26. The summed E-state index contributed by atoms with van der Waals surface area (Å²) in [4.78, 5) is 35.9. The minimum atomic E-state index is -0.538.